The van der Waals surface area contributed by atoms with Crippen LogP contribution in [0.15, 0.2) is 54.6 Å². The summed E-state index contributed by atoms with van der Waals surface area (Å²) < 4.78 is 52.4. The van der Waals surface area contributed by atoms with Crippen LogP contribution in [0.2, 0.25) is 0 Å². The fraction of sp³-hybridized carbons (Fsp3) is 0.333. The molecular formula is C21H21F3N2O5. The van der Waals surface area contributed by atoms with E-state index in [4.69, 9.17) is 9.47 Å². The van der Waals surface area contributed by atoms with Crippen molar-refractivity contribution < 1.29 is 37.3 Å². The SMILES string of the molecule is CCOC(=O)[C@@H]1[C@H](c2cccc(Oc3ccccc3)c2)NC(=O)N(C)[C@@]1(O)C(F)(F)F. The molecule has 1 aliphatic heterocycles. The number of rotatable bonds is 5. The highest BCUT2D eigenvalue weighted by atomic mass is 19.4. The van der Waals surface area contributed by atoms with Crippen LogP contribution in [0, 0.1) is 5.92 Å². The van der Waals surface area contributed by atoms with E-state index in [9.17, 15) is 27.9 Å². The van der Waals surface area contributed by atoms with E-state index >= 15 is 0 Å². The third-order valence-corrected chi connectivity index (χ3v) is 5.02. The molecule has 3 rings (SSSR count). The third kappa shape index (κ3) is 4.15. The van der Waals surface area contributed by atoms with Gasteiger partial charge in [-0.1, -0.05) is 30.3 Å². The Balaban J connectivity index is 2.06. The van der Waals surface area contributed by atoms with E-state index in [-0.39, 0.29) is 22.8 Å². The van der Waals surface area contributed by atoms with Crippen molar-refractivity contribution in [1.82, 2.24) is 10.2 Å². The lowest BCUT2D eigenvalue weighted by molar-refractivity contribution is -0.328. The number of carbonyl (C=O) groups is 2. The number of urea groups is 1. The van der Waals surface area contributed by atoms with Crippen LogP contribution in [0.5, 0.6) is 11.5 Å². The zero-order valence-corrected chi connectivity index (χ0v) is 16.7. The first-order valence-electron chi connectivity index (χ1n) is 9.42. The Bertz CT molecular complexity index is 954. The van der Waals surface area contributed by atoms with Gasteiger partial charge in [-0.15, -0.1) is 0 Å². The molecule has 0 aliphatic carbocycles. The summed E-state index contributed by atoms with van der Waals surface area (Å²) in [6.45, 7) is 1.23. The molecule has 7 nitrogen and oxygen atoms in total. The van der Waals surface area contributed by atoms with Crippen molar-refractivity contribution in [1.29, 1.82) is 0 Å². The second kappa shape index (κ2) is 8.46. The van der Waals surface area contributed by atoms with Gasteiger partial charge in [-0.3, -0.25) is 9.69 Å². The van der Waals surface area contributed by atoms with Gasteiger partial charge in [0.25, 0.3) is 5.72 Å². The van der Waals surface area contributed by atoms with Crippen molar-refractivity contribution in [2.24, 2.45) is 5.92 Å². The number of nitrogens with one attached hydrogen (secondary N) is 1. The van der Waals surface area contributed by atoms with E-state index in [1.165, 1.54) is 25.1 Å². The van der Waals surface area contributed by atoms with Crippen molar-refractivity contribution in [3.05, 3.63) is 60.2 Å². The molecule has 0 radical (unpaired) electrons. The molecule has 2 aromatic carbocycles. The van der Waals surface area contributed by atoms with Gasteiger partial charge in [0.1, 0.15) is 17.4 Å². The summed E-state index contributed by atoms with van der Waals surface area (Å²) >= 11 is 0. The van der Waals surface area contributed by atoms with Crippen LogP contribution in [-0.2, 0) is 9.53 Å². The van der Waals surface area contributed by atoms with E-state index in [1.54, 1.807) is 36.4 Å². The molecule has 2 amide bonds. The first-order valence-corrected chi connectivity index (χ1v) is 9.42. The van der Waals surface area contributed by atoms with E-state index < -0.39 is 35.9 Å². The minimum Gasteiger partial charge on any atom is -0.466 e. The van der Waals surface area contributed by atoms with Crippen LogP contribution in [0.1, 0.15) is 18.5 Å². The first kappa shape index (κ1) is 22.4. The number of carbonyl (C=O) groups excluding carboxylic acids is 2. The lowest BCUT2D eigenvalue weighted by Crippen LogP contribution is -2.73. The van der Waals surface area contributed by atoms with Crippen LogP contribution in [0.3, 0.4) is 0 Å². The summed E-state index contributed by atoms with van der Waals surface area (Å²) in [6, 6.07) is 11.8. The molecule has 0 aromatic heterocycles. The first-order chi connectivity index (χ1) is 14.6. The number of alkyl halides is 3. The number of para-hydroxylation sites is 1. The molecule has 10 heteroatoms. The molecule has 1 fully saturated rings. The fourth-order valence-corrected chi connectivity index (χ4v) is 3.48. The molecule has 3 atom stereocenters. The topological polar surface area (TPSA) is 88.1 Å². The number of amides is 2. The average molecular weight is 438 g/mol. The Kier molecular flexibility index (Phi) is 6.12. The molecule has 0 unspecified atom stereocenters. The minimum atomic E-state index is -5.33. The zero-order valence-electron chi connectivity index (χ0n) is 16.7. The Labute approximate surface area is 176 Å². The van der Waals surface area contributed by atoms with E-state index in [0.29, 0.717) is 5.75 Å². The van der Waals surface area contributed by atoms with Crippen molar-refractivity contribution in [2.75, 3.05) is 13.7 Å². The predicted octanol–water partition coefficient (Wildman–Crippen LogP) is 3.61. The van der Waals surface area contributed by atoms with Gasteiger partial charge in [0, 0.05) is 7.05 Å². The number of hydrogen-bond donors (Lipinski definition) is 2. The van der Waals surface area contributed by atoms with Gasteiger partial charge in [0.2, 0.25) is 0 Å². The van der Waals surface area contributed by atoms with Gasteiger partial charge in [0.15, 0.2) is 0 Å². The molecule has 0 bridgehead atoms. The van der Waals surface area contributed by atoms with Gasteiger partial charge < -0.3 is 19.9 Å². The summed E-state index contributed by atoms with van der Waals surface area (Å²) in [6.07, 6.45) is -5.33. The number of nitrogens with zero attached hydrogens (tertiary/aromatic N) is 1. The van der Waals surface area contributed by atoms with Crippen molar-refractivity contribution in [3.8, 4) is 11.5 Å². The third-order valence-electron chi connectivity index (χ3n) is 5.02. The van der Waals surface area contributed by atoms with Crippen LogP contribution in [-0.4, -0.2) is 47.6 Å². The molecule has 2 N–H and O–H groups in total. The molecule has 31 heavy (non-hydrogen) atoms. The molecule has 1 saturated heterocycles. The summed E-state index contributed by atoms with van der Waals surface area (Å²) in [5.41, 5.74) is -3.64. The number of halogens is 3. The second-order valence-corrected chi connectivity index (χ2v) is 6.93. The maximum atomic E-state index is 14.0. The smallest absolute Gasteiger partial charge is 0.437 e. The van der Waals surface area contributed by atoms with Gasteiger partial charge in [-0.05, 0) is 36.8 Å². The largest absolute Gasteiger partial charge is 0.466 e. The summed E-state index contributed by atoms with van der Waals surface area (Å²) in [5, 5.41) is 13.0. The molecule has 2 aromatic rings. The highest BCUT2D eigenvalue weighted by molar-refractivity contribution is 5.83. The lowest BCUT2D eigenvalue weighted by atomic mass is 9.81. The maximum Gasteiger partial charge on any atom is 0.437 e. The van der Waals surface area contributed by atoms with Crippen molar-refractivity contribution in [3.63, 3.8) is 0 Å². The number of ether oxygens (including phenoxy) is 2. The molecule has 1 heterocycles. The van der Waals surface area contributed by atoms with Crippen LogP contribution >= 0.6 is 0 Å². The number of esters is 1. The van der Waals surface area contributed by atoms with E-state index in [2.05, 4.69) is 5.32 Å². The van der Waals surface area contributed by atoms with Gasteiger partial charge >= 0.3 is 18.2 Å². The molecule has 0 spiro atoms. The normalized spacial score (nSPS) is 23.8. The van der Waals surface area contributed by atoms with Crippen LogP contribution in [0.25, 0.3) is 0 Å². The predicted molar refractivity (Wildman–Crippen MR) is 103 cm³/mol. The van der Waals surface area contributed by atoms with Gasteiger partial charge in [-0.2, -0.15) is 13.2 Å². The van der Waals surface area contributed by atoms with Gasteiger partial charge in [-0.25, -0.2) is 4.79 Å². The van der Waals surface area contributed by atoms with Crippen LogP contribution < -0.4 is 10.1 Å². The standard InChI is InChI=1S/C21H21F3N2O5/c1-3-30-18(27)16-17(25-19(28)26(2)20(16,29)21(22,23)24)13-8-7-11-15(12-13)31-14-9-5-4-6-10-14/h4-12,16-17,29H,3H2,1-2H3,(H,25,28)/t16-,17-,20-/m0/s1. The highest BCUT2D eigenvalue weighted by Gasteiger charge is 2.69. The Hall–Kier alpha value is -3.27. The maximum absolute atomic E-state index is 14.0. The number of hydrogen-bond acceptors (Lipinski definition) is 5. The molecular weight excluding hydrogens is 417 g/mol. The lowest BCUT2D eigenvalue weighted by Gasteiger charge is -2.49. The highest BCUT2D eigenvalue weighted by Crippen LogP contribution is 2.47. The summed E-state index contributed by atoms with van der Waals surface area (Å²) in [4.78, 5) is 25.0. The Morgan fingerprint density at radius 1 is 1.16 bits per heavy atom. The average Bonchev–Trinajstić information content (AvgIpc) is 2.72. The second-order valence-electron chi connectivity index (χ2n) is 6.93. The Morgan fingerprint density at radius 3 is 2.42 bits per heavy atom. The molecule has 0 saturated carbocycles. The fourth-order valence-electron chi connectivity index (χ4n) is 3.48. The van der Waals surface area contributed by atoms with Crippen molar-refractivity contribution >= 4 is 12.0 Å². The Morgan fingerprint density at radius 2 is 1.81 bits per heavy atom. The number of aliphatic hydroxyl groups is 1. The monoisotopic (exact) mass is 438 g/mol. The number of benzene rings is 2. The summed E-state index contributed by atoms with van der Waals surface area (Å²) in [7, 11) is 0.764. The molecule has 166 valence electrons. The quantitative estimate of drug-likeness (QED) is 0.697. The summed E-state index contributed by atoms with van der Waals surface area (Å²) in [5.74, 6) is -2.72. The minimum absolute atomic E-state index is 0.0649. The van der Waals surface area contributed by atoms with Crippen LogP contribution in [0.4, 0.5) is 18.0 Å². The van der Waals surface area contributed by atoms with Gasteiger partial charge in [0.05, 0.1) is 12.6 Å². The molecule has 1 aliphatic rings. The van der Waals surface area contributed by atoms with E-state index in [1.807, 2.05) is 0 Å². The van der Waals surface area contributed by atoms with E-state index in [0.717, 1.165) is 7.05 Å². The van der Waals surface area contributed by atoms with Crippen molar-refractivity contribution in [2.45, 2.75) is 24.9 Å². The zero-order chi connectivity index (χ0) is 22.8.